The summed E-state index contributed by atoms with van der Waals surface area (Å²) in [5.41, 5.74) is 1.52. The summed E-state index contributed by atoms with van der Waals surface area (Å²) in [5.74, 6) is 2.72. The maximum absolute atomic E-state index is 12.9. The molecule has 3 rings (SSSR count). The summed E-state index contributed by atoms with van der Waals surface area (Å²) in [6.45, 7) is 0.675. The van der Waals surface area contributed by atoms with Crippen LogP contribution in [-0.4, -0.2) is 49.4 Å². The van der Waals surface area contributed by atoms with E-state index >= 15 is 0 Å². The molecule has 7 heteroatoms. The van der Waals surface area contributed by atoms with Gasteiger partial charge in [-0.2, -0.15) is 0 Å². The number of pyridine rings is 1. The van der Waals surface area contributed by atoms with Crippen LogP contribution in [0.1, 0.15) is 21.3 Å². The van der Waals surface area contributed by atoms with Crippen LogP contribution >= 0.6 is 11.8 Å². The first-order valence-corrected chi connectivity index (χ1v) is 8.87. The molecular formula is C18H20N2O4S. The van der Waals surface area contributed by atoms with E-state index in [1.54, 1.807) is 63.7 Å². The van der Waals surface area contributed by atoms with Crippen molar-refractivity contribution in [1.29, 1.82) is 0 Å². The van der Waals surface area contributed by atoms with E-state index in [0.717, 1.165) is 11.3 Å². The lowest BCUT2D eigenvalue weighted by Crippen LogP contribution is -2.30. The summed E-state index contributed by atoms with van der Waals surface area (Å²) in [6, 6.07) is 7.14. The summed E-state index contributed by atoms with van der Waals surface area (Å²) in [6.07, 6.45) is 3.25. The van der Waals surface area contributed by atoms with Crippen molar-refractivity contribution in [3.05, 3.63) is 47.8 Å². The number of ether oxygens (including phenoxy) is 3. The molecule has 0 saturated carbocycles. The highest BCUT2D eigenvalue weighted by atomic mass is 32.2. The molecule has 1 amide bonds. The van der Waals surface area contributed by atoms with E-state index in [1.807, 2.05) is 11.0 Å². The number of amides is 1. The fourth-order valence-electron chi connectivity index (χ4n) is 2.84. The van der Waals surface area contributed by atoms with Crippen molar-refractivity contribution in [2.24, 2.45) is 0 Å². The van der Waals surface area contributed by atoms with Gasteiger partial charge < -0.3 is 19.1 Å². The van der Waals surface area contributed by atoms with Crippen LogP contribution in [0.25, 0.3) is 0 Å². The van der Waals surface area contributed by atoms with Gasteiger partial charge in [0, 0.05) is 41.9 Å². The van der Waals surface area contributed by atoms with Crippen molar-refractivity contribution in [3.63, 3.8) is 0 Å². The van der Waals surface area contributed by atoms with E-state index in [1.165, 1.54) is 0 Å². The summed E-state index contributed by atoms with van der Waals surface area (Å²) in [5, 5.41) is -0.143. The zero-order chi connectivity index (χ0) is 17.8. The average Bonchev–Trinajstić information content (AvgIpc) is 3.16. The van der Waals surface area contributed by atoms with E-state index in [2.05, 4.69) is 4.98 Å². The summed E-state index contributed by atoms with van der Waals surface area (Å²) in [7, 11) is 4.79. The van der Waals surface area contributed by atoms with Crippen molar-refractivity contribution in [3.8, 4) is 17.2 Å². The molecule has 1 saturated heterocycles. The lowest BCUT2D eigenvalue weighted by atomic mass is 10.1. The predicted octanol–water partition coefficient (Wildman–Crippen LogP) is 3.00. The number of carbonyl (C=O) groups is 1. The topological polar surface area (TPSA) is 60.9 Å². The van der Waals surface area contributed by atoms with Crippen LogP contribution < -0.4 is 14.2 Å². The van der Waals surface area contributed by atoms with Gasteiger partial charge in [-0.05, 0) is 18.2 Å². The molecule has 2 aromatic rings. The van der Waals surface area contributed by atoms with Gasteiger partial charge in [0.2, 0.25) is 0 Å². The van der Waals surface area contributed by atoms with Crippen molar-refractivity contribution in [2.75, 3.05) is 33.6 Å². The normalized spacial score (nSPS) is 16.6. The van der Waals surface area contributed by atoms with E-state index in [-0.39, 0.29) is 11.3 Å². The number of hydrogen-bond acceptors (Lipinski definition) is 6. The van der Waals surface area contributed by atoms with Crippen molar-refractivity contribution >= 4 is 17.7 Å². The van der Waals surface area contributed by atoms with Gasteiger partial charge in [-0.25, -0.2) is 0 Å². The lowest BCUT2D eigenvalue weighted by Gasteiger charge is -2.26. The molecule has 0 radical (unpaired) electrons. The second kappa shape index (κ2) is 7.65. The number of thioether (sulfide) groups is 1. The number of methoxy groups -OCH3 is 3. The zero-order valence-electron chi connectivity index (χ0n) is 14.4. The fourth-order valence-corrected chi connectivity index (χ4v) is 4.11. The van der Waals surface area contributed by atoms with Crippen molar-refractivity contribution in [2.45, 2.75) is 5.37 Å². The Labute approximate surface area is 151 Å². The molecular weight excluding hydrogens is 340 g/mol. The monoisotopic (exact) mass is 360 g/mol. The molecule has 1 fully saturated rings. The third-order valence-electron chi connectivity index (χ3n) is 4.08. The molecule has 1 aromatic carbocycles. The third kappa shape index (κ3) is 3.37. The first kappa shape index (κ1) is 17.4. The van der Waals surface area contributed by atoms with Gasteiger partial charge in [0.05, 0.1) is 21.3 Å². The molecule has 132 valence electrons. The highest BCUT2D eigenvalue weighted by Crippen LogP contribution is 2.46. The Morgan fingerprint density at radius 1 is 1.08 bits per heavy atom. The van der Waals surface area contributed by atoms with Crippen LogP contribution in [-0.2, 0) is 0 Å². The minimum absolute atomic E-state index is 0.0192. The van der Waals surface area contributed by atoms with E-state index in [0.29, 0.717) is 29.4 Å². The largest absolute Gasteiger partial charge is 0.496 e. The first-order valence-electron chi connectivity index (χ1n) is 7.82. The molecule has 6 nitrogen and oxygen atoms in total. The van der Waals surface area contributed by atoms with Gasteiger partial charge in [-0.15, -0.1) is 11.8 Å². The van der Waals surface area contributed by atoms with Gasteiger partial charge in [0.25, 0.3) is 5.91 Å². The van der Waals surface area contributed by atoms with Crippen LogP contribution in [0.4, 0.5) is 0 Å². The van der Waals surface area contributed by atoms with Gasteiger partial charge in [0.15, 0.2) is 11.5 Å². The number of aromatic nitrogens is 1. The number of carbonyl (C=O) groups excluding carboxylic acids is 1. The average molecular weight is 360 g/mol. The fraction of sp³-hybridized carbons (Fsp3) is 0.333. The van der Waals surface area contributed by atoms with Crippen molar-refractivity contribution in [1.82, 2.24) is 9.88 Å². The molecule has 0 bridgehead atoms. The molecule has 1 aliphatic rings. The summed E-state index contributed by atoms with van der Waals surface area (Å²) >= 11 is 1.70. The Kier molecular flexibility index (Phi) is 5.33. The molecule has 0 spiro atoms. The number of hydrogen-bond donors (Lipinski definition) is 0. The van der Waals surface area contributed by atoms with Crippen LogP contribution in [0.3, 0.4) is 0 Å². The minimum Gasteiger partial charge on any atom is -0.496 e. The molecule has 2 heterocycles. The lowest BCUT2D eigenvalue weighted by molar-refractivity contribution is 0.0759. The Balaban J connectivity index is 1.98. The van der Waals surface area contributed by atoms with E-state index < -0.39 is 0 Å². The minimum atomic E-state index is -0.143. The van der Waals surface area contributed by atoms with Crippen LogP contribution in [0.15, 0.2) is 36.7 Å². The highest BCUT2D eigenvalue weighted by Gasteiger charge is 2.34. The smallest absolute Gasteiger partial charge is 0.255 e. The number of nitrogens with zero attached hydrogens (tertiary/aromatic N) is 2. The van der Waals surface area contributed by atoms with Gasteiger partial charge in [-0.1, -0.05) is 0 Å². The van der Waals surface area contributed by atoms with Crippen LogP contribution in [0, 0.1) is 0 Å². The maximum atomic E-state index is 12.9. The molecule has 0 aliphatic carbocycles. The Hall–Kier alpha value is -2.41. The Morgan fingerprint density at radius 2 is 1.72 bits per heavy atom. The number of rotatable bonds is 5. The summed E-state index contributed by atoms with van der Waals surface area (Å²) < 4.78 is 16.3. The highest BCUT2D eigenvalue weighted by molar-refractivity contribution is 7.99. The Morgan fingerprint density at radius 3 is 2.36 bits per heavy atom. The Bertz CT molecular complexity index is 754. The second-order valence-corrected chi connectivity index (χ2v) is 6.59. The molecule has 1 aliphatic heterocycles. The predicted molar refractivity (Wildman–Crippen MR) is 96.6 cm³/mol. The molecule has 0 N–H and O–H groups in total. The van der Waals surface area contributed by atoms with Gasteiger partial charge in [-0.3, -0.25) is 9.78 Å². The third-order valence-corrected chi connectivity index (χ3v) is 5.32. The maximum Gasteiger partial charge on any atom is 0.255 e. The molecule has 25 heavy (non-hydrogen) atoms. The van der Waals surface area contributed by atoms with E-state index in [9.17, 15) is 4.79 Å². The second-order valence-electron chi connectivity index (χ2n) is 5.41. The first-order chi connectivity index (χ1) is 12.2. The SMILES string of the molecule is COc1cc(OC)c(C2SCCN2C(=O)c2ccncc2)cc1OC. The molecule has 1 unspecified atom stereocenters. The van der Waals surface area contributed by atoms with Crippen molar-refractivity contribution < 1.29 is 19.0 Å². The van der Waals surface area contributed by atoms with Gasteiger partial charge >= 0.3 is 0 Å². The van der Waals surface area contributed by atoms with Crippen LogP contribution in [0.5, 0.6) is 17.2 Å². The van der Waals surface area contributed by atoms with Gasteiger partial charge in [0.1, 0.15) is 11.1 Å². The van der Waals surface area contributed by atoms with Crippen LogP contribution in [0.2, 0.25) is 0 Å². The summed E-state index contributed by atoms with van der Waals surface area (Å²) in [4.78, 5) is 18.7. The number of benzene rings is 1. The standard InChI is InChI=1S/C18H20N2O4S/c1-22-14-11-16(24-3)15(23-2)10-13(14)18-20(8-9-25-18)17(21)12-4-6-19-7-5-12/h4-7,10-11,18H,8-9H2,1-3H3. The molecule has 1 atom stereocenters. The molecule has 1 aromatic heterocycles. The van der Waals surface area contributed by atoms with E-state index in [4.69, 9.17) is 14.2 Å². The zero-order valence-corrected chi connectivity index (χ0v) is 15.2. The quantitative estimate of drug-likeness (QED) is 0.817.